The maximum Gasteiger partial charge on any atom is 0.132 e. The Balaban J connectivity index is 1.40. The van der Waals surface area contributed by atoms with E-state index in [2.05, 4.69) is 69.4 Å². The summed E-state index contributed by atoms with van der Waals surface area (Å²) in [6.07, 6.45) is 1.98. The van der Waals surface area contributed by atoms with E-state index in [0.717, 1.165) is 31.1 Å². The first kappa shape index (κ1) is 17.7. The lowest BCUT2D eigenvalue weighted by Crippen LogP contribution is -2.28. The molecule has 2 aromatic carbocycles. The second kappa shape index (κ2) is 7.91. The molecule has 4 rings (SSSR count). The number of hydrogen-bond donors (Lipinski definition) is 1. The zero-order chi connectivity index (χ0) is 18.6. The summed E-state index contributed by atoms with van der Waals surface area (Å²) in [4.78, 5) is 9.19. The van der Waals surface area contributed by atoms with Crippen LogP contribution in [0.1, 0.15) is 17.0 Å². The monoisotopic (exact) mass is 358 g/mol. The van der Waals surface area contributed by atoms with Gasteiger partial charge in [-0.1, -0.05) is 54.6 Å². The van der Waals surface area contributed by atoms with E-state index in [0.29, 0.717) is 5.92 Å². The Labute approximate surface area is 161 Å². The van der Waals surface area contributed by atoms with Gasteiger partial charge in [-0.3, -0.25) is 4.90 Å². The minimum atomic E-state index is 0.184. The van der Waals surface area contributed by atoms with Crippen LogP contribution in [0.4, 0.5) is 11.5 Å². The number of nitrogens with zero attached hydrogens (tertiary/aromatic N) is 3. The van der Waals surface area contributed by atoms with Crippen LogP contribution in [-0.4, -0.2) is 36.1 Å². The number of rotatable bonds is 5. The third-order valence-corrected chi connectivity index (χ3v) is 5.37. The molecule has 1 aliphatic heterocycles. The van der Waals surface area contributed by atoms with Crippen molar-refractivity contribution in [3.63, 3.8) is 0 Å². The molecule has 2 N–H and O–H groups in total. The maximum atomic E-state index is 6.42. The van der Waals surface area contributed by atoms with Gasteiger partial charge in [0.25, 0.3) is 0 Å². The Morgan fingerprint density at radius 1 is 0.963 bits per heavy atom. The van der Waals surface area contributed by atoms with Crippen LogP contribution in [0.25, 0.3) is 0 Å². The molecule has 1 aliphatic rings. The molecule has 1 saturated heterocycles. The molecule has 0 bridgehead atoms. The summed E-state index contributed by atoms with van der Waals surface area (Å²) in [6.45, 7) is 2.81. The van der Waals surface area contributed by atoms with Crippen molar-refractivity contribution < 1.29 is 0 Å². The fourth-order valence-electron chi connectivity index (χ4n) is 3.85. The van der Waals surface area contributed by atoms with Crippen LogP contribution in [0.15, 0.2) is 79.0 Å². The second-order valence-electron chi connectivity index (χ2n) is 7.29. The number of benzene rings is 2. The van der Waals surface area contributed by atoms with Crippen LogP contribution in [-0.2, 0) is 6.54 Å². The lowest BCUT2D eigenvalue weighted by Gasteiger charge is -2.19. The number of hydrogen-bond acceptors (Lipinski definition) is 4. The Kier molecular flexibility index (Phi) is 5.19. The summed E-state index contributed by atoms with van der Waals surface area (Å²) in [6, 6.07) is 25.3. The molecule has 1 fully saturated rings. The molecule has 2 heterocycles. The molecule has 4 nitrogen and oxygen atoms in total. The van der Waals surface area contributed by atoms with Crippen LogP contribution in [0.2, 0.25) is 0 Å². The van der Waals surface area contributed by atoms with Crippen molar-refractivity contribution >= 4 is 11.5 Å². The normalized spacial score (nSPS) is 19.9. The van der Waals surface area contributed by atoms with E-state index < -0.39 is 0 Å². The lowest BCUT2D eigenvalue weighted by molar-refractivity contribution is 0.323. The first-order valence-electron chi connectivity index (χ1n) is 9.47. The van der Waals surface area contributed by atoms with Gasteiger partial charge in [0.2, 0.25) is 0 Å². The predicted octanol–water partition coefficient (Wildman–Crippen LogP) is 3.78. The molecule has 4 heteroatoms. The summed E-state index contributed by atoms with van der Waals surface area (Å²) >= 11 is 0. The van der Waals surface area contributed by atoms with Crippen LogP contribution in [0.5, 0.6) is 0 Å². The molecule has 1 aromatic heterocycles. The highest BCUT2D eigenvalue weighted by Gasteiger charge is 2.31. The Bertz CT molecular complexity index is 849. The van der Waals surface area contributed by atoms with Gasteiger partial charge in [-0.25, -0.2) is 4.98 Å². The number of anilines is 2. The highest BCUT2D eigenvalue weighted by Crippen LogP contribution is 2.28. The molecule has 0 radical (unpaired) electrons. The summed E-state index contributed by atoms with van der Waals surface area (Å²) in [5.41, 5.74) is 10.1. The fourth-order valence-corrected chi connectivity index (χ4v) is 3.85. The van der Waals surface area contributed by atoms with Gasteiger partial charge in [-0.15, -0.1) is 0 Å². The van der Waals surface area contributed by atoms with E-state index in [4.69, 9.17) is 5.73 Å². The smallest absolute Gasteiger partial charge is 0.132 e. The van der Waals surface area contributed by atoms with E-state index in [1.165, 1.54) is 11.1 Å². The van der Waals surface area contributed by atoms with Gasteiger partial charge in [-0.05, 0) is 29.3 Å². The third-order valence-electron chi connectivity index (χ3n) is 5.37. The van der Waals surface area contributed by atoms with Crippen molar-refractivity contribution in [1.82, 2.24) is 9.88 Å². The molecular formula is C23H26N4. The van der Waals surface area contributed by atoms with Gasteiger partial charge in [0.15, 0.2) is 0 Å². The van der Waals surface area contributed by atoms with Crippen LogP contribution in [0, 0.1) is 0 Å². The molecular weight excluding hydrogens is 332 g/mol. The lowest BCUT2D eigenvalue weighted by atomic mass is 9.95. The molecule has 27 heavy (non-hydrogen) atoms. The van der Waals surface area contributed by atoms with Crippen LogP contribution < -0.4 is 10.6 Å². The number of nitrogens with two attached hydrogens (primary N) is 1. The zero-order valence-corrected chi connectivity index (χ0v) is 15.7. The molecule has 0 spiro atoms. The van der Waals surface area contributed by atoms with Gasteiger partial charge in [0, 0.05) is 50.5 Å². The molecule has 3 aromatic rings. The molecule has 0 amide bonds. The molecule has 0 unspecified atom stereocenters. The summed E-state index contributed by atoms with van der Waals surface area (Å²) in [7, 11) is 2.04. The van der Waals surface area contributed by atoms with E-state index in [1.54, 1.807) is 0 Å². The summed E-state index contributed by atoms with van der Waals surface area (Å²) in [5.74, 6) is 1.35. The average molecular weight is 358 g/mol. The topological polar surface area (TPSA) is 45.4 Å². The fraction of sp³-hybridized carbons (Fsp3) is 0.261. The van der Waals surface area contributed by atoms with E-state index in [-0.39, 0.29) is 6.04 Å². The van der Waals surface area contributed by atoms with Crippen molar-refractivity contribution in [3.05, 3.63) is 90.1 Å². The summed E-state index contributed by atoms with van der Waals surface area (Å²) < 4.78 is 0. The SMILES string of the molecule is CN(c1ccccc1)c1ccc(CN2C[C@@H](N)[C@H](c3ccccc3)C2)cn1. The summed E-state index contributed by atoms with van der Waals surface area (Å²) in [5, 5.41) is 0. The third kappa shape index (κ3) is 4.02. The molecule has 0 aliphatic carbocycles. The van der Waals surface area contributed by atoms with Crippen molar-refractivity contribution in [2.75, 3.05) is 25.0 Å². The second-order valence-corrected chi connectivity index (χ2v) is 7.29. The standard InChI is InChI=1S/C23H26N4/c1-26(20-10-6-3-7-11-20)23-13-12-18(14-25-23)15-27-16-21(22(24)17-27)19-8-4-2-5-9-19/h2-14,21-22H,15-17,24H2,1H3/t21-,22+/m0/s1. The number of likely N-dealkylation sites (tertiary alicyclic amines) is 1. The van der Waals surface area contributed by atoms with Crippen LogP contribution >= 0.6 is 0 Å². The number of para-hydroxylation sites is 1. The minimum absolute atomic E-state index is 0.184. The van der Waals surface area contributed by atoms with E-state index in [1.807, 2.05) is 31.4 Å². The highest BCUT2D eigenvalue weighted by atomic mass is 15.2. The van der Waals surface area contributed by atoms with E-state index >= 15 is 0 Å². The van der Waals surface area contributed by atoms with Crippen molar-refractivity contribution in [1.29, 1.82) is 0 Å². The van der Waals surface area contributed by atoms with Gasteiger partial charge < -0.3 is 10.6 Å². The number of pyridine rings is 1. The number of aromatic nitrogens is 1. The Morgan fingerprint density at radius 3 is 2.33 bits per heavy atom. The molecule has 2 atom stereocenters. The van der Waals surface area contributed by atoms with Gasteiger partial charge >= 0.3 is 0 Å². The quantitative estimate of drug-likeness (QED) is 0.754. The first-order chi connectivity index (χ1) is 13.2. The minimum Gasteiger partial charge on any atom is -0.329 e. The van der Waals surface area contributed by atoms with Crippen LogP contribution in [0.3, 0.4) is 0 Å². The molecule has 0 saturated carbocycles. The van der Waals surface area contributed by atoms with Gasteiger partial charge in [0.05, 0.1) is 0 Å². The highest BCUT2D eigenvalue weighted by molar-refractivity contribution is 5.58. The van der Waals surface area contributed by atoms with Crippen molar-refractivity contribution in [2.24, 2.45) is 5.73 Å². The van der Waals surface area contributed by atoms with E-state index in [9.17, 15) is 0 Å². The van der Waals surface area contributed by atoms with Crippen molar-refractivity contribution in [3.8, 4) is 0 Å². The average Bonchev–Trinajstić information content (AvgIpc) is 3.09. The van der Waals surface area contributed by atoms with Gasteiger partial charge in [-0.2, -0.15) is 0 Å². The Hall–Kier alpha value is -2.69. The predicted molar refractivity (Wildman–Crippen MR) is 111 cm³/mol. The van der Waals surface area contributed by atoms with Gasteiger partial charge in [0.1, 0.15) is 5.82 Å². The zero-order valence-electron chi connectivity index (χ0n) is 15.7. The molecule has 138 valence electrons. The first-order valence-corrected chi connectivity index (χ1v) is 9.47. The largest absolute Gasteiger partial charge is 0.329 e. The van der Waals surface area contributed by atoms with Crippen molar-refractivity contribution in [2.45, 2.75) is 18.5 Å². The Morgan fingerprint density at radius 2 is 1.67 bits per heavy atom. The maximum absolute atomic E-state index is 6.42.